The second kappa shape index (κ2) is 6.70. The molecule has 0 spiro atoms. The molecule has 0 aromatic carbocycles. The predicted octanol–water partition coefficient (Wildman–Crippen LogP) is 2.54. The summed E-state index contributed by atoms with van der Waals surface area (Å²) in [6, 6.07) is 3.20. The minimum absolute atomic E-state index is 0.0747. The number of hydrogen-bond acceptors (Lipinski definition) is 5. The number of piperidine rings is 1. The maximum absolute atomic E-state index is 12.5. The monoisotopic (exact) mass is 368 g/mol. The molecule has 0 radical (unpaired) electrons. The van der Waals surface area contributed by atoms with Crippen molar-refractivity contribution in [3.8, 4) is 0 Å². The number of nitrogens with zero attached hydrogens (tertiary/aromatic N) is 1. The molecule has 0 aliphatic carbocycles. The number of sulfonamides is 1. The second-order valence-corrected chi connectivity index (χ2v) is 9.12. The SMILES string of the molecule is Cc1cc(S(=O)(=O)NC2CCN(C(=O)c3ccoc3)CC2)c(C)s1. The summed E-state index contributed by atoms with van der Waals surface area (Å²) in [5.41, 5.74) is 0.526. The summed E-state index contributed by atoms with van der Waals surface area (Å²) in [5.74, 6) is -0.0747. The van der Waals surface area contributed by atoms with Crippen LogP contribution in [0.1, 0.15) is 33.0 Å². The van der Waals surface area contributed by atoms with Crippen LogP contribution in [0.3, 0.4) is 0 Å². The third-order valence-electron chi connectivity index (χ3n) is 4.16. The van der Waals surface area contributed by atoms with Crippen LogP contribution < -0.4 is 4.72 Å². The molecule has 130 valence electrons. The first-order valence-corrected chi connectivity index (χ1v) is 10.1. The van der Waals surface area contributed by atoms with E-state index in [2.05, 4.69) is 4.72 Å². The van der Waals surface area contributed by atoms with Crippen LogP contribution in [0, 0.1) is 13.8 Å². The Morgan fingerprint density at radius 1 is 1.33 bits per heavy atom. The van der Waals surface area contributed by atoms with Gasteiger partial charge in [-0.1, -0.05) is 0 Å². The second-order valence-electron chi connectivity index (χ2n) is 5.98. The maximum Gasteiger partial charge on any atom is 0.257 e. The molecule has 1 aliphatic rings. The number of likely N-dealkylation sites (tertiary alicyclic amines) is 1. The number of thiophene rings is 1. The maximum atomic E-state index is 12.5. The van der Waals surface area contributed by atoms with Crippen LogP contribution in [0.5, 0.6) is 0 Å². The minimum Gasteiger partial charge on any atom is -0.472 e. The predicted molar refractivity (Wildman–Crippen MR) is 91.7 cm³/mol. The van der Waals surface area contributed by atoms with Crippen LogP contribution in [0.4, 0.5) is 0 Å². The molecule has 1 saturated heterocycles. The lowest BCUT2D eigenvalue weighted by molar-refractivity contribution is 0.0710. The Morgan fingerprint density at radius 2 is 2.04 bits per heavy atom. The zero-order valence-electron chi connectivity index (χ0n) is 13.6. The average Bonchev–Trinajstić information content (AvgIpc) is 3.17. The summed E-state index contributed by atoms with van der Waals surface area (Å²) in [6.45, 7) is 4.77. The van der Waals surface area contributed by atoms with Gasteiger partial charge < -0.3 is 9.32 Å². The third kappa shape index (κ3) is 3.55. The van der Waals surface area contributed by atoms with Crippen LogP contribution >= 0.6 is 11.3 Å². The van der Waals surface area contributed by atoms with E-state index in [0.717, 1.165) is 9.75 Å². The molecule has 6 nitrogen and oxygen atoms in total. The molecule has 2 aromatic heterocycles. The van der Waals surface area contributed by atoms with E-state index < -0.39 is 10.0 Å². The van der Waals surface area contributed by atoms with Crippen molar-refractivity contribution >= 4 is 27.3 Å². The lowest BCUT2D eigenvalue weighted by Gasteiger charge is -2.32. The highest BCUT2D eigenvalue weighted by Crippen LogP contribution is 2.26. The van der Waals surface area contributed by atoms with E-state index in [-0.39, 0.29) is 11.9 Å². The zero-order chi connectivity index (χ0) is 17.3. The molecule has 3 heterocycles. The van der Waals surface area contributed by atoms with E-state index in [1.165, 1.54) is 23.9 Å². The third-order valence-corrected chi connectivity index (χ3v) is 6.90. The van der Waals surface area contributed by atoms with Gasteiger partial charge in [-0.25, -0.2) is 13.1 Å². The van der Waals surface area contributed by atoms with Crippen LogP contribution in [0.15, 0.2) is 34.0 Å². The Balaban J connectivity index is 1.61. The molecule has 1 amide bonds. The molecule has 1 fully saturated rings. The van der Waals surface area contributed by atoms with Crippen molar-refractivity contribution in [3.63, 3.8) is 0 Å². The lowest BCUT2D eigenvalue weighted by atomic mass is 10.1. The fraction of sp³-hybridized carbons (Fsp3) is 0.438. The average molecular weight is 368 g/mol. The standard InChI is InChI=1S/C16H20N2O4S2/c1-11-9-15(12(2)23-11)24(20,21)17-14-3-6-18(7-4-14)16(19)13-5-8-22-10-13/h5,8-10,14,17H,3-4,6-7H2,1-2H3. The highest BCUT2D eigenvalue weighted by Gasteiger charge is 2.28. The van der Waals surface area contributed by atoms with Crippen molar-refractivity contribution in [2.45, 2.75) is 37.6 Å². The quantitative estimate of drug-likeness (QED) is 0.899. The molecule has 3 rings (SSSR count). The van der Waals surface area contributed by atoms with Crippen LogP contribution in [0.25, 0.3) is 0 Å². The molecule has 0 saturated carbocycles. The van der Waals surface area contributed by atoms with E-state index in [9.17, 15) is 13.2 Å². The highest BCUT2D eigenvalue weighted by atomic mass is 32.2. The van der Waals surface area contributed by atoms with Crippen molar-refractivity contribution in [3.05, 3.63) is 40.0 Å². The van der Waals surface area contributed by atoms with E-state index >= 15 is 0 Å². The van der Waals surface area contributed by atoms with Crippen molar-refractivity contribution in [2.75, 3.05) is 13.1 Å². The largest absolute Gasteiger partial charge is 0.472 e. The van der Waals surface area contributed by atoms with Crippen molar-refractivity contribution in [1.29, 1.82) is 0 Å². The lowest BCUT2D eigenvalue weighted by Crippen LogP contribution is -2.46. The number of nitrogens with one attached hydrogen (secondary N) is 1. The molecule has 0 atom stereocenters. The number of amides is 1. The summed E-state index contributed by atoms with van der Waals surface area (Å²) in [4.78, 5) is 16.1. The van der Waals surface area contributed by atoms with Gasteiger partial charge in [-0.2, -0.15) is 0 Å². The molecule has 1 aliphatic heterocycles. The van der Waals surface area contributed by atoms with Gasteiger partial charge in [-0.05, 0) is 38.8 Å². The number of carbonyl (C=O) groups is 1. The highest BCUT2D eigenvalue weighted by molar-refractivity contribution is 7.89. The first-order valence-electron chi connectivity index (χ1n) is 7.77. The van der Waals surface area contributed by atoms with Gasteiger partial charge in [-0.15, -0.1) is 11.3 Å². The number of hydrogen-bond donors (Lipinski definition) is 1. The van der Waals surface area contributed by atoms with Crippen molar-refractivity contribution in [2.24, 2.45) is 0 Å². The normalized spacial score (nSPS) is 16.5. The van der Waals surface area contributed by atoms with E-state index in [4.69, 9.17) is 4.42 Å². The Hall–Kier alpha value is -1.64. The van der Waals surface area contributed by atoms with Crippen LogP contribution in [-0.4, -0.2) is 38.4 Å². The molecular formula is C16H20N2O4S2. The Labute approximate surface area is 145 Å². The smallest absolute Gasteiger partial charge is 0.257 e. The molecule has 0 unspecified atom stereocenters. The van der Waals surface area contributed by atoms with Gasteiger partial charge in [0, 0.05) is 28.9 Å². The summed E-state index contributed by atoms with van der Waals surface area (Å²) in [5, 5.41) is 0. The summed E-state index contributed by atoms with van der Waals surface area (Å²) < 4.78 is 32.8. The van der Waals surface area contributed by atoms with Gasteiger partial charge in [0.25, 0.3) is 5.91 Å². The Morgan fingerprint density at radius 3 is 2.58 bits per heavy atom. The molecule has 24 heavy (non-hydrogen) atoms. The van der Waals surface area contributed by atoms with Crippen LogP contribution in [0.2, 0.25) is 0 Å². The molecule has 0 bridgehead atoms. The van der Waals surface area contributed by atoms with Gasteiger partial charge in [0.2, 0.25) is 10.0 Å². The number of carbonyl (C=O) groups excluding carboxylic acids is 1. The van der Waals surface area contributed by atoms with Gasteiger partial charge in [0.1, 0.15) is 6.26 Å². The van der Waals surface area contributed by atoms with E-state index in [1.807, 2.05) is 13.8 Å². The van der Waals surface area contributed by atoms with Gasteiger partial charge >= 0.3 is 0 Å². The Kier molecular flexibility index (Phi) is 4.80. The molecular weight excluding hydrogens is 348 g/mol. The van der Waals surface area contributed by atoms with Crippen LogP contribution in [-0.2, 0) is 10.0 Å². The fourth-order valence-electron chi connectivity index (χ4n) is 2.93. The topological polar surface area (TPSA) is 79.6 Å². The number of rotatable bonds is 4. The summed E-state index contributed by atoms with van der Waals surface area (Å²) in [7, 11) is -3.51. The molecule has 1 N–H and O–H groups in total. The zero-order valence-corrected chi connectivity index (χ0v) is 15.2. The first-order chi connectivity index (χ1) is 11.4. The number of furan rings is 1. The van der Waals surface area contributed by atoms with Crippen molar-refractivity contribution < 1.29 is 17.6 Å². The van der Waals surface area contributed by atoms with Gasteiger partial charge in [-0.3, -0.25) is 4.79 Å². The summed E-state index contributed by atoms with van der Waals surface area (Å²) in [6.07, 6.45) is 4.11. The Bertz CT molecular complexity index is 816. The van der Waals surface area contributed by atoms with Crippen molar-refractivity contribution in [1.82, 2.24) is 9.62 Å². The van der Waals surface area contributed by atoms with E-state index in [1.54, 1.807) is 17.0 Å². The van der Waals surface area contributed by atoms with Gasteiger partial charge in [0.15, 0.2) is 0 Å². The molecule has 2 aromatic rings. The number of aryl methyl sites for hydroxylation is 2. The first kappa shape index (κ1) is 17.2. The summed E-state index contributed by atoms with van der Waals surface area (Å²) >= 11 is 1.48. The molecule has 8 heteroatoms. The van der Waals surface area contributed by atoms with Gasteiger partial charge in [0.05, 0.1) is 16.7 Å². The minimum atomic E-state index is -3.51. The van der Waals surface area contributed by atoms with E-state index in [0.29, 0.717) is 36.4 Å². The fourth-order valence-corrected chi connectivity index (χ4v) is 5.79.